The molecule has 0 amide bonds. The second-order valence-electron chi connectivity index (χ2n) is 7.32. The van der Waals surface area contributed by atoms with E-state index in [4.69, 9.17) is 16.3 Å². The molecule has 7 nitrogen and oxygen atoms in total. The van der Waals surface area contributed by atoms with Crippen LogP contribution in [0.25, 0.3) is 33.3 Å². The van der Waals surface area contributed by atoms with Crippen LogP contribution in [0.1, 0.15) is 5.69 Å². The van der Waals surface area contributed by atoms with Crippen LogP contribution in [0.15, 0.2) is 88.7 Å². The number of pyridine rings is 2. The van der Waals surface area contributed by atoms with Gasteiger partial charge in [0.25, 0.3) is 5.56 Å². The molecule has 5 aromatic rings. The highest BCUT2D eigenvalue weighted by atomic mass is 35.5. The zero-order valence-electron chi connectivity index (χ0n) is 17.2. The zero-order valence-corrected chi connectivity index (χ0v) is 18.0. The fourth-order valence-electron chi connectivity index (χ4n) is 3.62. The first-order chi connectivity index (χ1) is 16.1. The summed E-state index contributed by atoms with van der Waals surface area (Å²) in [5, 5.41) is 1.39. The molecule has 0 fully saturated rings. The van der Waals surface area contributed by atoms with Gasteiger partial charge in [0.05, 0.1) is 27.5 Å². The van der Waals surface area contributed by atoms with Crippen molar-refractivity contribution in [2.45, 2.75) is 6.61 Å². The zero-order chi connectivity index (χ0) is 22.8. The Kier molecular flexibility index (Phi) is 5.46. The minimum absolute atomic E-state index is 0.268. The lowest BCUT2D eigenvalue weighted by Gasteiger charge is -2.12. The fourth-order valence-corrected chi connectivity index (χ4v) is 3.88. The maximum absolute atomic E-state index is 12.6. The summed E-state index contributed by atoms with van der Waals surface area (Å²) >= 11 is 6.55. The van der Waals surface area contributed by atoms with Gasteiger partial charge in [-0.3, -0.25) is 14.8 Å². The molecule has 0 saturated carbocycles. The van der Waals surface area contributed by atoms with Gasteiger partial charge in [-0.05, 0) is 48.0 Å². The molecular weight excluding hydrogens is 440 g/mol. The lowest BCUT2D eigenvalue weighted by Crippen LogP contribution is -2.24. The predicted molar refractivity (Wildman–Crippen MR) is 127 cm³/mol. The molecule has 8 heteroatoms. The molecule has 0 unspecified atom stereocenters. The van der Waals surface area contributed by atoms with Crippen LogP contribution in [-0.2, 0) is 6.61 Å². The number of para-hydroxylation sites is 1. The number of aromatic amines is 2. The average Bonchev–Trinajstić information content (AvgIpc) is 2.83. The summed E-state index contributed by atoms with van der Waals surface area (Å²) in [7, 11) is 0. The summed E-state index contributed by atoms with van der Waals surface area (Å²) in [6, 6.07) is 20.3. The predicted octanol–water partition coefficient (Wildman–Crippen LogP) is 4.57. The van der Waals surface area contributed by atoms with Crippen LogP contribution in [0, 0.1) is 0 Å². The quantitative estimate of drug-likeness (QED) is 0.403. The van der Waals surface area contributed by atoms with Crippen molar-refractivity contribution in [2.75, 3.05) is 0 Å². The van der Waals surface area contributed by atoms with Crippen LogP contribution in [0.2, 0.25) is 5.02 Å². The van der Waals surface area contributed by atoms with Gasteiger partial charge in [0.1, 0.15) is 12.4 Å². The maximum atomic E-state index is 12.6. The average molecular weight is 457 g/mol. The van der Waals surface area contributed by atoms with E-state index in [-0.39, 0.29) is 6.61 Å². The first-order valence-electron chi connectivity index (χ1n) is 10.1. The standard InChI is InChI=1S/C25H17ClN4O3/c26-20-13-18(33-14-17-6-5-15-3-1-2-4-21(15)28-17)7-8-19(20)23-22(16-9-11-27-12-10-16)24(31)30-25(32)29-23/h1-13H,14H2,(H2,29,30,31,32). The van der Waals surface area contributed by atoms with E-state index in [2.05, 4.69) is 19.9 Å². The van der Waals surface area contributed by atoms with Crippen LogP contribution in [0.5, 0.6) is 5.75 Å². The van der Waals surface area contributed by atoms with Gasteiger partial charge in [-0.2, -0.15) is 0 Å². The highest BCUT2D eigenvalue weighted by Gasteiger charge is 2.16. The molecule has 0 bridgehead atoms. The Morgan fingerprint density at radius 1 is 0.909 bits per heavy atom. The maximum Gasteiger partial charge on any atom is 0.326 e. The molecule has 0 radical (unpaired) electrons. The van der Waals surface area contributed by atoms with Crippen LogP contribution < -0.4 is 16.0 Å². The molecule has 3 heterocycles. The molecule has 3 aromatic heterocycles. The smallest absolute Gasteiger partial charge is 0.326 e. The number of halogens is 1. The van der Waals surface area contributed by atoms with Gasteiger partial charge in [0.2, 0.25) is 0 Å². The molecule has 0 aliphatic carbocycles. The van der Waals surface area contributed by atoms with E-state index in [0.717, 1.165) is 16.6 Å². The monoisotopic (exact) mass is 456 g/mol. The second kappa shape index (κ2) is 8.72. The molecule has 5 rings (SSSR count). The number of H-pyrrole nitrogens is 2. The van der Waals surface area contributed by atoms with E-state index >= 15 is 0 Å². The highest BCUT2D eigenvalue weighted by Crippen LogP contribution is 2.34. The van der Waals surface area contributed by atoms with Crippen LogP contribution in [0.4, 0.5) is 0 Å². The largest absolute Gasteiger partial charge is 0.487 e. The summed E-state index contributed by atoms with van der Waals surface area (Å²) in [6.45, 7) is 0.268. The van der Waals surface area contributed by atoms with Crippen molar-refractivity contribution in [2.24, 2.45) is 0 Å². The molecule has 2 N–H and O–H groups in total. The van der Waals surface area contributed by atoms with Gasteiger partial charge in [-0.25, -0.2) is 9.78 Å². The third kappa shape index (κ3) is 4.26. The summed E-state index contributed by atoms with van der Waals surface area (Å²) in [4.78, 5) is 38.1. The fraction of sp³-hybridized carbons (Fsp3) is 0.0400. The van der Waals surface area contributed by atoms with E-state index in [1.54, 1.807) is 42.7 Å². The molecule has 0 aliphatic heterocycles. The number of hydrogen-bond acceptors (Lipinski definition) is 5. The highest BCUT2D eigenvalue weighted by molar-refractivity contribution is 6.33. The van der Waals surface area contributed by atoms with Crippen LogP contribution in [0.3, 0.4) is 0 Å². The molecule has 0 aliphatic rings. The number of hydrogen-bond donors (Lipinski definition) is 2. The van der Waals surface area contributed by atoms with Crippen molar-refractivity contribution in [3.8, 4) is 28.1 Å². The first kappa shape index (κ1) is 20.7. The van der Waals surface area contributed by atoms with Gasteiger partial charge < -0.3 is 9.72 Å². The number of nitrogens with zero attached hydrogens (tertiary/aromatic N) is 2. The summed E-state index contributed by atoms with van der Waals surface area (Å²) in [5.41, 5.74) is 2.28. The summed E-state index contributed by atoms with van der Waals surface area (Å²) in [6.07, 6.45) is 3.14. The van der Waals surface area contributed by atoms with Gasteiger partial charge in [-0.15, -0.1) is 0 Å². The Labute approximate surface area is 192 Å². The minimum atomic E-state index is -0.619. The van der Waals surface area contributed by atoms with E-state index < -0.39 is 11.2 Å². The Morgan fingerprint density at radius 3 is 2.55 bits per heavy atom. The van der Waals surface area contributed by atoms with Gasteiger partial charge in [0.15, 0.2) is 0 Å². The number of aromatic nitrogens is 4. The Balaban J connectivity index is 1.46. The number of nitrogens with one attached hydrogen (secondary N) is 2. The van der Waals surface area contributed by atoms with Crippen molar-refractivity contribution in [1.82, 2.24) is 19.9 Å². The van der Waals surface area contributed by atoms with Crippen molar-refractivity contribution in [3.05, 3.63) is 111 Å². The second-order valence-corrected chi connectivity index (χ2v) is 7.73. The topological polar surface area (TPSA) is 101 Å². The SMILES string of the molecule is O=c1[nH]c(-c2ccc(OCc3ccc4ccccc4n3)cc2Cl)c(-c2ccncc2)c(=O)[nH]1. The van der Waals surface area contributed by atoms with Crippen LogP contribution >= 0.6 is 11.6 Å². The lowest BCUT2D eigenvalue weighted by molar-refractivity contribution is 0.302. The van der Waals surface area contributed by atoms with Crippen molar-refractivity contribution >= 4 is 22.5 Å². The Morgan fingerprint density at radius 2 is 1.73 bits per heavy atom. The molecule has 0 atom stereocenters. The van der Waals surface area contributed by atoms with Crippen molar-refractivity contribution in [3.63, 3.8) is 0 Å². The summed E-state index contributed by atoms with van der Waals surface area (Å²) in [5.74, 6) is 0.538. The molecule has 0 spiro atoms. The molecular formula is C25H17ClN4O3. The van der Waals surface area contributed by atoms with Crippen molar-refractivity contribution < 1.29 is 4.74 Å². The minimum Gasteiger partial charge on any atom is -0.487 e. The number of fused-ring (bicyclic) bond motifs is 1. The molecule has 0 saturated heterocycles. The summed E-state index contributed by atoms with van der Waals surface area (Å²) < 4.78 is 5.88. The van der Waals surface area contributed by atoms with Gasteiger partial charge in [0, 0.05) is 23.3 Å². The molecule has 162 valence electrons. The molecule has 33 heavy (non-hydrogen) atoms. The normalized spacial score (nSPS) is 10.9. The lowest BCUT2D eigenvalue weighted by atomic mass is 10.0. The number of rotatable bonds is 5. The Hall–Kier alpha value is -4.23. The number of benzene rings is 2. The third-order valence-electron chi connectivity index (χ3n) is 5.16. The van der Waals surface area contributed by atoms with Gasteiger partial charge >= 0.3 is 5.69 Å². The molecule has 2 aromatic carbocycles. The van der Waals surface area contributed by atoms with Crippen molar-refractivity contribution in [1.29, 1.82) is 0 Å². The first-order valence-corrected chi connectivity index (χ1v) is 10.5. The van der Waals surface area contributed by atoms with E-state index in [9.17, 15) is 9.59 Å². The Bertz CT molecular complexity index is 1580. The van der Waals surface area contributed by atoms with Gasteiger partial charge in [-0.1, -0.05) is 35.9 Å². The van der Waals surface area contributed by atoms with E-state index in [1.807, 2.05) is 36.4 Å². The third-order valence-corrected chi connectivity index (χ3v) is 5.48. The van der Waals surface area contributed by atoms with E-state index in [1.165, 1.54) is 0 Å². The van der Waals surface area contributed by atoms with E-state index in [0.29, 0.717) is 33.2 Å². The van der Waals surface area contributed by atoms with Crippen LogP contribution in [-0.4, -0.2) is 19.9 Å². The number of ether oxygens (including phenoxy) is 1.